The van der Waals surface area contributed by atoms with Gasteiger partial charge >= 0.3 is 0 Å². The Labute approximate surface area is 115 Å². The molecule has 20 heavy (non-hydrogen) atoms. The number of nitrogen functional groups attached to an aromatic ring is 1. The maximum absolute atomic E-state index is 12.0. The highest BCUT2D eigenvalue weighted by molar-refractivity contribution is 5.94. The van der Waals surface area contributed by atoms with Crippen molar-refractivity contribution in [1.82, 2.24) is 14.7 Å². The standard InChI is InChI=1S/C13H15N5O2/c1-17(8-12(15)19)13(20)10-6-7-18(16-10)11-5-3-2-4-9(11)14/h2-7H,8,14H2,1H3,(H2,15,19). The Kier molecular flexibility index (Phi) is 3.69. The highest BCUT2D eigenvalue weighted by Gasteiger charge is 2.16. The molecule has 0 saturated carbocycles. The zero-order valence-electron chi connectivity index (χ0n) is 11.0. The van der Waals surface area contributed by atoms with Crippen LogP contribution in [0.2, 0.25) is 0 Å². The van der Waals surface area contributed by atoms with Crippen molar-refractivity contribution in [3.63, 3.8) is 0 Å². The molecule has 2 amide bonds. The van der Waals surface area contributed by atoms with Crippen LogP contribution in [-0.2, 0) is 4.79 Å². The van der Waals surface area contributed by atoms with Crippen LogP contribution >= 0.6 is 0 Å². The lowest BCUT2D eigenvalue weighted by Gasteiger charge is -2.13. The number of anilines is 1. The number of aromatic nitrogens is 2. The molecule has 0 aliphatic carbocycles. The van der Waals surface area contributed by atoms with Crippen molar-refractivity contribution in [3.8, 4) is 5.69 Å². The van der Waals surface area contributed by atoms with Crippen LogP contribution in [0.25, 0.3) is 5.69 Å². The average Bonchev–Trinajstić information content (AvgIpc) is 2.87. The van der Waals surface area contributed by atoms with E-state index in [2.05, 4.69) is 5.10 Å². The predicted molar refractivity (Wildman–Crippen MR) is 74.1 cm³/mol. The fraction of sp³-hybridized carbons (Fsp3) is 0.154. The van der Waals surface area contributed by atoms with Gasteiger partial charge in [0, 0.05) is 13.2 Å². The molecule has 7 nitrogen and oxygen atoms in total. The van der Waals surface area contributed by atoms with Gasteiger partial charge in [0.15, 0.2) is 5.69 Å². The minimum Gasteiger partial charge on any atom is -0.397 e. The summed E-state index contributed by atoms with van der Waals surface area (Å²) in [6.07, 6.45) is 1.64. The third kappa shape index (κ3) is 2.77. The molecule has 2 rings (SSSR count). The van der Waals surface area contributed by atoms with Crippen molar-refractivity contribution >= 4 is 17.5 Å². The second-order valence-electron chi connectivity index (χ2n) is 4.33. The first-order chi connectivity index (χ1) is 9.49. The summed E-state index contributed by atoms with van der Waals surface area (Å²) in [5.41, 5.74) is 12.4. The van der Waals surface area contributed by atoms with Crippen molar-refractivity contribution in [2.75, 3.05) is 19.3 Å². The molecule has 0 fully saturated rings. The molecule has 0 atom stereocenters. The number of nitrogens with two attached hydrogens (primary N) is 2. The van der Waals surface area contributed by atoms with E-state index >= 15 is 0 Å². The van der Waals surface area contributed by atoms with Gasteiger partial charge in [0.2, 0.25) is 5.91 Å². The van der Waals surface area contributed by atoms with E-state index in [9.17, 15) is 9.59 Å². The number of hydrogen-bond acceptors (Lipinski definition) is 4. The van der Waals surface area contributed by atoms with E-state index in [0.29, 0.717) is 11.4 Å². The van der Waals surface area contributed by atoms with Crippen molar-refractivity contribution in [2.24, 2.45) is 5.73 Å². The van der Waals surface area contributed by atoms with E-state index in [4.69, 9.17) is 11.5 Å². The lowest BCUT2D eigenvalue weighted by Crippen LogP contribution is -2.35. The van der Waals surface area contributed by atoms with E-state index in [1.54, 1.807) is 24.4 Å². The largest absolute Gasteiger partial charge is 0.397 e. The zero-order valence-corrected chi connectivity index (χ0v) is 11.0. The van der Waals surface area contributed by atoms with Crippen molar-refractivity contribution in [1.29, 1.82) is 0 Å². The normalized spacial score (nSPS) is 10.2. The van der Waals surface area contributed by atoms with Gasteiger partial charge in [-0.15, -0.1) is 0 Å². The molecule has 0 aliphatic rings. The van der Waals surface area contributed by atoms with Gasteiger partial charge in [-0.2, -0.15) is 5.10 Å². The maximum Gasteiger partial charge on any atom is 0.274 e. The van der Waals surface area contributed by atoms with E-state index < -0.39 is 5.91 Å². The first kappa shape index (κ1) is 13.6. The number of amides is 2. The minimum atomic E-state index is -0.576. The van der Waals surface area contributed by atoms with Crippen LogP contribution in [0, 0.1) is 0 Å². The molecule has 0 radical (unpaired) electrons. The topological polar surface area (TPSA) is 107 Å². The number of benzene rings is 1. The number of hydrogen-bond donors (Lipinski definition) is 2. The smallest absolute Gasteiger partial charge is 0.274 e. The Morgan fingerprint density at radius 2 is 2.00 bits per heavy atom. The molecule has 0 unspecified atom stereocenters. The highest BCUT2D eigenvalue weighted by atomic mass is 16.2. The van der Waals surface area contributed by atoms with E-state index in [1.807, 2.05) is 12.1 Å². The fourth-order valence-electron chi connectivity index (χ4n) is 1.77. The van der Waals surface area contributed by atoms with Gasteiger partial charge < -0.3 is 16.4 Å². The van der Waals surface area contributed by atoms with Gasteiger partial charge in [-0.3, -0.25) is 9.59 Å². The van der Waals surface area contributed by atoms with Crippen LogP contribution in [0.3, 0.4) is 0 Å². The van der Waals surface area contributed by atoms with Crippen LogP contribution < -0.4 is 11.5 Å². The quantitative estimate of drug-likeness (QED) is 0.765. The number of likely N-dealkylation sites (N-methyl/N-ethyl adjacent to an activating group) is 1. The van der Waals surface area contributed by atoms with Crippen LogP contribution in [0.15, 0.2) is 36.5 Å². The Morgan fingerprint density at radius 1 is 1.30 bits per heavy atom. The summed E-state index contributed by atoms with van der Waals surface area (Å²) in [6.45, 7) is -0.154. The molecule has 1 aromatic heterocycles. The molecule has 4 N–H and O–H groups in total. The van der Waals surface area contributed by atoms with Crippen LogP contribution in [-0.4, -0.2) is 40.1 Å². The number of primary amides is 1. The molecule has 0 bridgehead atoms. The Hall–Kier alpha value is -2.83. The van der Waals surface area contributed by atoms with E-state index in [-0.39, 0.29) is 18.1 Å². The SMILES string of the molecule is CN(CC(N)=O)C(=O)c1ccn(-c2ccccc2N)n1. The van der Waals surface area contributed by atoms with Gasteiger partial charge in [0.05, 0.1) is 17.9 Å². The first-order valence-corrected chi connectivity index (χ1v) is 5.93. The zero-order chi connectivity index (χ0) is 14.7. The van der Waals surface area contributed by atoms with Crippen molar-refractivity contribution in [3.05, 3.63) is 42.2 Å². The van der Waals surface area contributed by atoms with Gasteiger partial charge in [-0.05, 0) is 18.2 Å². The molecule has 0 aliphatic heterocycles. The summed E-state index contributed by atoms with van der Waals surface area (Å²) >= 11 is 0. The molecule has 1 heterocycles. The summed E-state index contributed by atoms with van der Waals surface area (Å²) in [4.78, 5) is 24.0. The molecule has 104 valence electrons. The van der Waals surface area contributed by atoms with Crippen LogP contribution in [0.4, 0.5) is 5.69 Å². The predicted octanol–water partition coefficient (Wildman–Crippen LogP) is 0.0118. The monoisotopic (exact) mass is 273 g/mol. The van der Waals surface area contributed by atoms with Crippen LogP contribution in [0.1, 0.15) is 10.5 Å². The van der Waals surface area contributed by atoms with E-state index in [0.717, 1.165) is 0 Å². The number of para-hydroxylation sites is 2. The highest BCUT2D eigenvalue weighted by Crippen LogP contribution is 2.15. The van der Waals surface area contributed by atoms with Gasteiger partial charge in [0.1, 0.15) is 0 Å². The maximum atomic E-state index is 12.0. The van der Waals surface area contributed by atoms with Gasteiger partial charge in [-0.25, -0.2) is 4.68 Å². The number of rotatable bonds is 4. The molecule has 1 aromatic carbocycles. The Bertz CT molecular complexity index is 650. The van der Waals surface area contributed by atoms with Crippen LogP contribution in [0.5, 0.6) is 0 Å². The summed E-state index contributed by atoms with van der Waals surface area (Å²) < 4.78 is 1.51. The van der Waals surface area contributed by atoms with Crippen molar-refractivity contribution < 1.29 is 9.59 Å². The second-order valence-corrected chi connectivity index (χ2v) is 4.33. The second kappa shape index (κ2) is 5.43. The third-order valence-corrected chi connectivity index (χ3v) is 2.73. The third-order valence-electron chi connectivity index (χ3n) is 2.73. The van der Waals surface area contributed by atoms with Gasteiger partial charge in [0.25, 0.3) is 5.91 Å². The summed E-state index contributed by atoms with van der Waals surface area (Å²) in [7, 11) is 1.49. The molecule has 2 aromatic rings. The summed E-state index contributed by atoms with van der Waals surface area (Å²) in [5, 5.41) is 4.16. The lowest BCUT2D eigenvalue weighted by atomic mass is 10.3. The lowest BCUT2D eigenvalue weighted by molar-refractivity contribution is -0.118. The molecule has 7 heteroatoms. The molecule has 0 saturated heterocycles. The summed E-state index contributed by atoms with van der Waals surface area (Å²) in [5.74, 6) is -0.954. The van der Waals surface area contributed by atoms with Crippen molar-refractivity contribution in [2.45, 2.75) is 0 Å². The fourth-order valence-corrected chi connectivity index (χ4v) is 1.77. The number of nitrogens with zero attached hydrogens (tertiary/aromatic N) is 3. The number of carbonyl (C=O) groups excluding carboxylic acids is 2. The van der Waals surface area contributed by atoms with E-state index in [1.165, 1.54) is 16.6 Å². The number of carbonyl (C=O) groups is 2. The summed E-state index contributed by atoms with van der Waals surface area (Å²) in [6, 6.07) is 8.75. The Balaban J connectivity index is 2.23. The first-order valence-electron chi connectivity index (χ1n) is 5.93. The molecular formula is C13H15N5O2. The molecule has 0 spiro atoms. The Morgan fingerprint density at radius 3 is 2.65 bits per heavy atom. The minimum absolute atomic E-state index is 0.154. The molecular weight excluding hydrogens is 258 g/mol. The average molecular weight is 273 g/mol. The van der Waals surface area contributed by atoms with Gasteiger partial charge in [-0.1, -0.05) is 12.1 Å².